The summed E-state index contributed by atoms with van der Waals surface area (Å²) in [6.07, 6.45) is 5.33. The Morgan fingerprint density at radius 2 is 1.79 bits per heavy atom. The first-order valence-corrected chi connectivity index (χ1v) is 8.30. The van der Waals surface area contributed by atoms with Crippen molar-refractivity contribution in [3.63, 3.8) is 0 Å². The van der Waals surface area contributed by atoms with Gasteiger partial charge in [-0.2, -0.15) is 0 Å². The lowest BCUT2D eigenvalue weighted by molar-refractivity contribution is -1.02. The van der Waals surface area contributed by atoms with Gasteiger partial charge in [0.25, 0.3) is 0 Å². The molecule has 1 saturated heterocycles. The van der Waals surface area contributed by atoms with Crippen LogP contribution >= 0.6 is 0 Å². The van der Waals surface area contributed by atoms with Crippen molar-refractivity contribution in [2.45, 2.75) is 64.2 Å². The van der Waals surface area contributed by atoms with Gasteiger partial charge in [-0.1, -0.05) is 6.92 Å². The van der Waals surface area contributed by atoms with Crippen LogP contribution in [0.2, 0.25) is 0 Å². The van der Waals surface area contributed by atoms with Crippen LogP contribution in [-0.4, -0.2) is 35.8 Å². The molecule has 5 aliphatic carbocycles. The largest absolute Gasteiger partial charge is 0.308 e. The van der Waals surface area contributed by atoms with Crippen molar-refractivity contribution in [3.8, 4) is 0 Å². The summed E-state index contributed by atoms with van der Waals surface area (Å²) >= 11 is 0. The summed E-state index contributed by atoms with van der Waals surface area (Å²) in [6, 6.07) is 0. The highest BCUT2D eigenvalue weighted by Gasteiger charge is 3.04. The average Bonchev–Trinajstić information content (AvgIpc) is 2.74. The van der Waals surface area contributed by atoms with Gasteiger partial charge in [0, 0.05) is 5.54 Å². The van der Waals surface area contributed by atoms with Gasteiger partial charge in [0.05, 0.1) is 20.0 Å². The van der Waals surface area contributed by atoms with E-state index < -0.39 is 0 Å². The minimum Gasteiger partial charge on any atom is -0.308 e. The summed E-state index contributed by atoms with van der Waals surface area (Å²) in [5.41, 5.74) is 2.58. The monoisotopic (exact) mass is 261 g/mol. The summed E-state index contributed by atoms with van der Waals surface area (Å²) in [5, 5.41) is 4.23. The van der Waals surface area contributed by atoms with Gasteiger partial charge < -0.3 is 4.48 Å². The van der Waals surface area contributed by atoms with Crippen LogP contribution in [0.25, 0.3) is 0 Å². The third-order valence-corrected chi connectivity index (χ3v) is 9.71. The van der Waals surface area contributed by atoms with Crippen LogP contribution in [-0.2, 0) is 0 Å². The lowest BCUT2D eigenvalue weighted by atomic mass is 9.55. The smallest absolute Gasteiger partial charge is 0.152 e. The number of nitrogens with zero attached hydrogens (tertiary/aromatic N) is 1. The molecule has 7 unspecified atom stereocenters. The highest BCUT2D eigenvalue weighted by molar-refractivity contribution is 5.55. The maximum absolute atomic E-state index is 4.23. The molecule has 6 rings (SSSR count). The fourth-order valence-electron chi connectivity index (χ4n) is 7.85. The molecule has 2 bridgehead atoms. The Hall–Kier alpha value is -0.0800. The van der Waals surface area contributed by atoms with Crippen molar-refractivity contribution in [2.75, 3.05) is 14.1 Å². The first-order valence-electron chi connectivity index (χ1n) is 8.30. The second-order valence-electron chi connectivity index (χ2n) is 9.66. The Bertz CT molecular complexity index is 499. The lowest BCUT2D eigenvalue weighted by Crippen LogP contribution is -2.84. The predicted molar refractivity (Wildman–Crippen MR) is 76.4 cm³/mol. The molecule has 6 aliphatic rings. The van der Waals surface area contributed by atoms with Crippen molar-refractivity contribution < 1.29 is 4.48 Å². The summed E-state index contributed by atoms with van der Waals surface area (Å²) < 4.78 is 1.15. The minimum absolute atomic E-state index is 0.420. The molecule has 6 fully saturated rings. The van der Waals surface area contributed by atoms with E-state index in [1.165, 1.54) is 6.42 Å². The van der Waals surface area contributed by atoms with Gasteiger partial charge in [-0.05, 0) is 62.7 Å². The Morgan fingerprint density at radius 3 is 2.26 bits per heavy atom. The van der Waals surface area contributed by atoms with Gasteiger partial charge in [-0.15, -0.1) is 0 Å². The van der Waals surface area contributed by atoms with Crippen LogP contribution in [0.4, 0.5) is 0 Å². The molecule has 1 aliphatic heterocycles. The van der Waals surface area contributed by atoms with Gasteiger partial charge in [-0.3, -0.25) is 5.32 Å². The normalized spacial score (nSPS) is 68.5. The molecule has 0 radical (unpaired) electrons. The molecule has 2 nitrogen and oxygen atoms in total. The van der Waals surface area contributed by atoms with Crippen LogP contribution in [0.3, 0.4) is 0 Å². The lowest BCUT2D eigenvalue weighted by Gasteiger charge is -2.66. The zero-order chi connectivity index (χ0) is 13.6. The molecule has 0 amide bonds. The molecule has 0 aromatic rings. The number of likely N-dealkylation sites (tertiary alicyclic amines) is 1. The first-order chi connectivity index (χ1) is 8.68. The zero-order valence-electron chi connectivity index (χ0n) is 13.4. The van der Waals surface area contributed by atoms with Gasteiger partial charge >= 0.3 is 0 Å². The molecule has 2 spiro atoms. The number of hydrogen-bond acceptors (Lipinski definition) is 1. The summed E-state index contributed by atoms with van der Waals surface area (Å²) in [4.78, 5) is 0. The maximum atomic E-state index is 4.23. The number of hydrogen-bond donors (Lipinski definition) is 1. The van der Waals surface area contributed by atoms with Crippen molar-refractivity contribution in [1.82, 2.24) is 5.32 Å². The molecule has 1 N–H and O–H groups in total. The summed E-state index contributed by atoms with van der Waals surface area (Å²) in [6.45, 7) is 9.87. The van der Waals surface area contributed by atoms with E-state index in [9.17, 15) is 0 Å². The number of fused-ring (bicyclic) bond motifs is 1. The summed E-state index contributed by atoms with van der Waals surface area (Å²) in [5.74, 6) is 2.82. The van der Waals surface area contributed by atoms with E-state index in [1.807, 2.05) is 0 Å². The molecular formula is C17H29N2+. The topological polar surface area (TPSA) is 12.0 Å². The molecule has 19 heavy (non-hydrogen) atoms. The van der Waals surface area contributed by atoms with E-state index >= 15 is 0 Å². The van der Waals surface area contributed by atoms with Gasteiger partial charge in [0.15, 0.2) is 6.17 Å². The van der Waals surface area contributed by atoms with E-state index in [0.717, 1.165) is 33.1 Å². The molecule has 5 saturated carbocycles. The van der Waals surface area contributed by atoms with Crippen LogP contribution in [0.15, 0.2) is 0 Å². The molecule has 7 atom stereocenters. The van der Waals surface area contributed by atoms with Crippen molar-refractivity contribution in [3.05, 3.63) is 0 Å². The van der Waals surface area contributed by atoms with Gasteiger partial charge in [0.1, 0.15) is 5.54 Å². The Balaban J connectivity index is 1.45. The van der Waals surface area contributed by atoms with E-state index in [1.54, 1.807) is 12.8 Å². The predicted octanol–water partition coefficient (Wildman–Crippen LogP) is 2.60. The minimum atomic E-state index is 0.420. The van der Waals surface area contributed by atoms with Gasteiger partial charge in [0.2, 0.25) is 0 Å². The standard InChI is InChI=1S/C17H29N2/c1-10-12(19(5,6)14(10,3)4)18-17-11(2)15-7-8-16(17,9-15)13(15)17/h10-13,18H,7-9H2,1-6H3/q+1. The quantitative estimate of drug-likeness (QED) is 0.754. The van der Waals surface area contributed by atoms with Gasteiger partial charge in [-0.25, -0.2) is 0 Å². The summed E-state index contributed by atoms with van der Waals surface area (Å²) in [7, 11) is 4.85. The van der Waals surface area contributed by atoms with Crippen LogP contribution in [0.5, 0.6) is 0 Å². The molecule has 2 heteroatoms. The molecule has 0 aromatic heterocycles. The second kappa shape index (κ2) is 2.43. The van der Waals surface area contributed by atoms with Crippen LogP contribution in [0, 0.1) is 28.6 Å². The number of nitrogens with one attached hydrogen (secondary N) is 1. The zero-order valence-corrected chi connectivity index (χ0v) is 13.4. The number of quaternary nitrogens is 1. The maximum Gasteiger partial charge on any atom is 0.152 e. The Kier molecular flexibility index (Phi) is 1.48. The Labute approximate surface area is 117 Å². The second-order valence-corrected chi connectivity index (χ2v) is 9.66. The molecule has 106 valence electrons. The van der Waals surface area contributed by atoms with Crippen LogP contribution in [0.1, 0.15) is 47.0 Å². The van der Waals surface area contributed by atoms with Crippen molar-refractivity contribution >= 4 is 0 Å². The molecular weight excluding hydrogens is 232 g/mol. The van der Waals surface area contributed by atoms with E-state index in [0.29, 0.717) is 17.2 Å². The third kappa shape index (κ3) is 0.711. The van der Waals surface area contributed by atoms with E-state index in [2.05, 4.69) is 47.1 Å². The molecule has 0 aromatic carbocycles. The highest BCUT2D eigenvalue weighted by Crippen LogP contribution is 3.03. The molecule has 1 heterocycles. The third-order valence-electron chi connectivity index (χ3n) is 9.71. The number of rotatable bonds is 2. The fourth-order valence-corrected chi connectivity index (χ4v) is 7.85. The van der Waals surface area contributed by atoms with E-state index in [4.69, 9.17) is 0 Å². The average molecular weight is 261 g/mol. The van der Waals surface area contributed by atoms with E-state index in [-0.39, 0.29) is 0 Å². The van der Waals surface area contributed by atoms with Crippen LogP contribution < -0.4 is 5.32 Å². The SMILES string of the molecule is CC1C23CCC4(C2)C3C14NC1C(C)C(C)(C)[N+]1(C)C. The highest BCUT2D eigenvalue weighted by atomic mass is 15.5. The first kappa shape index (κ1) is 11.6. The Morgan fingerprint density at radius 1 is 1.11 bits per heavy atom. The fraction of sp³-hybridized carbons (Fsp3) is 1.00. The van der Waals surface area contributed by atoms with Crippen molar-refractivity contribution in [1.29, 1.82) is 0 Å². The van der Waals surface area contributed by atoms with Crippen molar-refractivity contribution in [2.24, 2.45) is 28.6 Å².